The molecule has 1 aliphatic heterocycles. The predicted molar refractivity (Wildman–Crippen MR) is 92.0 cm³/mol. The minimum Gasteiger partial charge on any atom is -0.447 e. The van der Waals surface area contributed by atoms with Gasteiger partial charge in [-0.2, -0.15) is 0 Å². The zero-order valence-corrected chi connectivity index (χ0v) is 13.7. The molecule has 1 N–H and O–H groups in total. The van der Waals surface area contributed by atoms with Crippen molar-refractivity contribution in [2.24, 2.45) is 0 Å². The monoisotopic (exact) mass is 343 g/mol. The Balaban J connectivity index is 1.73. The molecule has 3 rings (SSSR count). The quantitative estimate of drug-likeness (QED) is 0.925. The summed E-state index contributed by atoms with van der Waals surface area (Å²) in [7, 11) is 1.58. The standard InChI is InChI=1S/C18H18FN3O3/c1-21(12-13-6-2-3-7-14(13)19)17(23)20-15-8-4-5-9-16(15)22-10-11-25-18(22)24/h2-9H,10-12H2,1H3,(H,20,23). The summed E-state index contributed by atoms with van der Waals surface area (Å²) in [5.74, 6) is -0.359. The van der Waals surface area contributed by atoms with Crippen LogP contribution in [0.2, 0.25) is 0 Å². The second-order valence-corrected chi connectivity index (χ2v) is 5.66. The number of carbonyl (C=O) groups excluding carboxylic acids is 2. The number of urea groups is 1. The van der Waals surface area contributed by atoms with E-state index < -0.39 is 12.1 Å². The number of amides is 3. The fourth-order valence-electron chi connectivity index (χ4n) is 2.59. The average Bonchev–Trinajstić information content (AvgIpc) is 3.03. The largest absolute Gasteiger partial charge is 0.447 e. The first-order chi connectivity index (χ1) is 12.1. The number of anilines is 2. The van der Waals surface area contributed by atoms with Gasteiger partial charge in [-0.25, -0.2) is 14.0 Å². The van der Waals surface area contributed by atoms with Crippen molar-refractivity contribution in [3.05, 3.63) is 59.9 Å². The molecule has 1 heterocycles. The molecule has 1 saturated heterocycles. The van der Waals surface area contributed by atoms with E-state index in [2.05, 4.69) is 5.32 Å². The zero-order valence-electron chi connectivity index (χ0n) is 13.7. The Morgan fingerprint density at radius 1 is 1.24 bits per heavy atom. The molecule has 7 heteroatoms. The van der Waals surface area contributed by atoms with Gasteiger partial charge in [0.25, 0.3) is 0 Å². The molecule has 0 aromatic heterocycles. The molecule has 0 spiro atoms. The van der Waals surface area contributed by atoms with Crippen LogP contribution in [0.5, 0.6) is 0 Å². The third-order valence-electron chi connectivity index (χ3n) is 3.91. The van der Waals surface area contributed by atoms with Crippen molar-refractivity contribution in [2.75, 3.05) is 30.4 Å². The van der Waals surface area contributed by atoms with Crippen LogP contribution in [0.4, 0.5) is 25.4 Å². The molecule has 1 fully saturated rings. The third-order valence-corrected chi connectivity index (χ3v) is 3.91. The number of nitrogens with zero attached hydrogens (tertiary/aromatic N) is 2. The van der Waals surface area contributed by atoms with Crippen LogP contribution in [0.1, 0.15) is 5.56 Å². The van der Waals surface area contributed by atoms with Crippen molar-refractivity contribution in [1.82, 2.24) is 4.90 Å². The molecular weight excluding hydrogens is 325 g/mol. The Bertz CT molecular complexity index is 797. The molecule has 25 heavy (non-hydrogen) atoms. The lowest BCUT2D eigenvalue weighted by molar-refractivity contribution is 0.181. The van der Waals surface area contributed by atoms with E-state index in [9.17, 15) is 14.0 Å². The van der Waals surface area contributed by atoms with E-state index in [1.54, 1.807) is 49.5 Å². The van der Waals surface area contributed by atoms with E-state index in [0.29, 0.717) is 30.1 Å². The molecule has 0 radical (unpaired) electrons. The van der Waals surface area contributed by atoms with E-state index in [-0.39, 0.29) is 12.4 Å². The summed E-state index contributed by atoms with van der Waals surface area (Å²) in [4.78, 5) is 27.0. The number of rotatable bonds is 4. The maximum Gasteiger partial charge on any atom is 0.414 e. The highest BCUT2D eigenvalue weighted by Gasteiger charge is 2.26. The zero-order chi connectivity index (χ0) is 17.8. The van der Waals surface area contributed by atoms with Gasteiger partial charge >= 0.3 is 12.1 Å². The molecule has 0 aliphatic carbocycles. The van der Waals surface area contributed by atoms with Crippen LogP contribution in [-0.4, -0.2) is 37.2 Å². The molecule has 1 aliphatic rings. The van der Waals surface area contributed by atoms with Crippen LogP contribution in [0.25, 0.3) is 0 Å². The predicted octanol–water partition coefficient (Wildman–Crippen LogP) is 3.45. The number of cyclic esters (lactones) is 1. The number of hydrogen-bond acceptors (Lipinski definition) is 3. The molecule has 130 valence electrons. The van der Waals surface area contributed by atoms with Gasteiger partial charge in [-0.1, -0.05) is 30.3 Å². The van der Waals surface area contributed by atoms with Crippen molar-refractivity contribution in [3.8, 4) is 0 Å². The smallest absolute Gasteiger partial charge is 0.414 e. The molecule has 0 unspecified atom stereocenters. The van der Waals surface area contributed by atoms with Crippen molar-refractivity contribution in [2.45, 2.75) is 6.54 Å². The summed E-state index contributed by atoms with van der Waals surface area (Å²) in [6.45, 7) is 0.873. The Kier molecular flexibility index (Phi) is 4.83. The molecule has 0 atom stereocenters. The van der Waals surface area contributed by atoms with Gasteiger partial charge in [0.1, 0.15) is 12.4 Å². The first-order valence-corrected chi connectivity index (χ1v) is 7.85. The fraction of sp³-hybridized carbons (Fsp3) is 0.222. The number of halogens is 1. The van der Waals surface area contributed by atoms with Gasteiger partial charge in [0.15, 0.2) is 0 Å². The van der Waals surface area contributed by atoms with Gasteiger partial charge in [-0.15, -0.1) is 0 Å². The highest BCUT2D eigenvalue weighted by atomic mass is 19.1. The summed E-state index contributed by atoms with van der Waals surface area (Å²) in [5, 5.41) is 2.76. The Labute approximate surface area is 144 Å². The van der Waals surface area contributed by atoms with Crippen LogP contribution in [-0.2, 0) is 11.3 Å². The Hall–Kier alpha value is -3.09. The highest BCUT2D eigenvalue weighted by molar-refractivity contribution is 5.98. The normalized spacial score (nSPS) is 13.5. The Morgan fingerprint density at radius 3 is 2.68 bits per heavy atom. The summed E-state index contributed by atoms with van der Waals surface area (Å²) in [6, 6.07) is 12.9. The fourth-order valence-corrected chi connectivity index (χ4v) is 2.59. The number of carbonyl (C=O) groups is 2. The van der Waals surface area contributed by atoms with Gasteiger partial charge in [-0.3, -0.25) is 4.90 Å². The highest BCUT2D eigenvalue weighted by Crippen LogP contribution is 2.28. The van der Waals surface area contributed by atoms with Crippen molar-refractivity contribution < 1.29 is 18.7 Å². The molecule has 3 amide bonds. The second kappa shape index (κ2) is 7.21. The first-order valence-electron chi connectivity index (χ1n) is 7.85. The van der Waals surface area contributed by atoms with Gasteiger partial charge < -0.3 is 15.0 Å². The molecule has 2 aromatic carbocycles. The number of nitrogens with one attached hydrogen (secondary N) is 1. The van der Waals surface area contributed by atoms with Crippen LogP contribution in [0, 0.1) is 5.82 Å². The number of para-hydroxylation sites is 2. The number of hydrogen-bond donors (Lipinski definition) is 1. The molecule has 6 nitrogen and oxygen atoms in total. The van der Waals surface area contributed by atoms with Crippen LogP contribution in [0.15, 0.2) is 48.5 Å². The lowest BCUT2D eigenvalue weighted by atomic mass is 10.2. The van der Waals surface area contributed by atoms with E-state index >= 15 is 0 Å². The summed E-state index contributed by atoms with van der Waals surface area (Å²) in [5.41, 5.74) is 1.49. The molecular formula is C18H18FN3O3. The molecule has 0 saturated carbocycles. The van der Waals surface area contributed by atoms with Crippen molar-refractivity contribution >= 4 is 23.5 Å². The van der Waals surface area contributed by atoms with E-state index in [1.807, 2.05) is 0 Å². The van der Waals surface area contributed by atoms with Gasteiger partial charge in [0, 0.05) is 19.2 Å². The minimum absolute atomic E-state index is 0.131. The SMILES string of the molecule is CN(Cc1ccccc1F)C(=O)Nc1ccccc1N1CCOC1=O. The average molecular weight is 343 g/mol. The maximum atomic E-state index is 13.7. The molecule has 0 bridgehead atoms. The summed E-state index contributed by atoms with van der Waals surface area (Å²) >= 11 is 0. The van der Waals surface area contributed by atoms with Crippen molar-refractivity contribution in [1.29, 1.82) is 0 Å². The number of ether oxygens (including phenoxy) is 1. The minimum atomic E-state index is -0.443. The number of benzene rings is 2. The van der Waals surface area contributed by atoms with E-state index in [0.717, 1.165) is 0 Å². The Morgan fingerprint density at radius 2 is 1.96 bits per heavy atom. The third kappa shape index (κ3) is 3.71. The molecule has 2 aromatic rings. The van der Waals surface area contributed by atoms with Gasteiger partial charge in [0.2, 0.25) is 0 Å². The maximum absolute atomic E-state index is 13.7. The van der Waals surface area contributed by atoms with Gasteiger partial charge in [0.05, 0.1) is 17.9 Å². The van der Waals surface area contributed by atoms with E-state index in [4.69, 9.17) is 4.74 Å². The lowest BCUT2D eigenvalue weighted by Gasteiger charge is -2.21. The van der Waals surface area contributed by atoms with Crippen LogP contribution >= 0.6 is 0 Å². The van der Waals surface area contributed by atoms with Crippen LogP contribution < -0.4 is 10.2 Å². The van der Waals surface area contributed by atoms with Crippen molar-refractivity contribution in [3.63, 3.8) is 0 Å². The topological polar surface area (TPSA) is 61.9 Å². The van der Waals surface area contributed by atoms with Crippen LogP contribution in [0.3, 0.4) is 0 Å². The van der Waals surface area contributed by atoms with Gasteiger partial charge in [-0.05, 0) is 18.2 Å². The second-order valence-electron chi connectivity index (χ2n) is 5.66. The lowest BCUT2D eigenvalue weighted by Crippen LogP contribution is -2.32. The first kappa shape index (κ1) is 16.8. The van der Waals surface area contributed by atoms with E-state index in [1.165, 1.54) is 15.9 Å². The summed E-state index contributed by atoms with van der Waals surface area (Å²) < 4.78 is 18.7. The summed E-state index contributed by atoms with van der Waals surface area (Å²) in [6.07, 6.45) is -0.443.